The van der Waals surface area contributed by atoms with E-state index < -0.39 is 24.5 Å². The zero-order valence-corrected chi connectivity index (χ0v) is 19.8. The Bertz CT molecular complexity index is 1070. The topological polar surface area (TPSA) is 96.5 Å². The van der Waals surface area contributed by atoms with E-state index >= 15 is 0 Å². The Morgan fingerprint density at radius 3 is 2.68 bits per heavy atom. The fraction of sp³-hybridized carbons (Fsp3) is 0.440. The van der Waals surface area contributed by atoms with Crippen LogP contribution in [0.15, 0.2) is 36.1 Å². The number of nitrogens with zero attached hydrogens (tertiary/aromatic N) is 1. The molecule has 1 fully saturated rings. The maximum Gasteiger partial charge on any atom is 0.272 e. The van der Waals surface area contributed by atoms with E-state index in [0.717, 1.165) is 12.8 Å². The third-order valence-electron chi connectivity index (χ3n) is 5.65. The first-order valence-electron chi connectivity index (χ1n) is 11.2. The monoisotopic (exact) mass is 475 g/mol. The number of hydrogen-bond donors (Lipinski definition) is 3. The molecule has 3 rings (SSSR count). The van der Waals surface area contributed by atoms with Crippen molar-refractivity contribution in [3.63, 3.8) is 0 Å². The molecule has 1 unspecified atom stereocenters. The average Bonchev–Trinajstić information content (AvgIpc) is 3.50. The maximum atomic E-state index is 12.9. The van der Waals surface area contributed by atoms with Crippen molar-refractivity contribution in [3.05, 3.63) is 47.4 Å². The number of aromatic nitrogens is 2. The molecule has 9 heteroatoms. The third kappa shape index (κ3) is 6.22. The molecule has 1 heterocycles. The molecule has 3 N–H and O–H groups in total. The highest BCUT2D eigenvalue weighted by molar-refractivity contribution is 6.01. The highest BCUT2D eigenvalue weighted by Crippen LogP contribution is 2.36. The van der Waals surface area contributed by atoms with Gasteiger partial charge in [-0.15, -0.1) is 0 Å². The standard InChI is InChI=1S/C25H31F2N3O4/c1-5-7-16(25(3,32)6-2)12-22-28-13-18(30-22)15-10-19(33-4)23(24(31)29-17-8-9-17)20(11-15)34-14-21(26)27/h5,7,10-13,17,21,32H,6,8-9,14H2,1-4H3,(H,28,30)(H,29,31)/b7-5-,16-12+. The quantitative estimate of drug-likeness (QED) is 0.408. The number of nitrogens with one attached hydrogen (secondary N) is 2. The molecular formula is C25H31F2N3O4. The van der Waals surface area contributed by atoms with E-state index in [2.05, 4.69) is 15.3 Å². The molecular weight excluding hydrogens is 444 g/mol. The van der Waals surface area contributed by atoms with Crippen molar-refractivity contribution in [1.82, 2.24) is 15.3 Å². The Labute approximate surface area is 197 Å². The van der Waals surface area contributed by atoms with E-state index in [-0.39, 0.29) is 23.1 Å². The van der Waals surface area contributed by atoms with Crippen LogP contribution >= 0.6 is 0 Å². The number of imidazole rings is 1. The van der Waals surface area contributed by atoms with Gasteiger partial charge in [-0.05, 0) is 56.9 Å². The van der Waals surface area contributed by atoms with Crippen molar-refractivity contribution in [2.45, 2.75) is 58.1 Å². The molecule has 7 nitrogen and oxygen atoms in total. The van der Waals surface area contributed by atoms with Crippen LogP contribution in [0, 0.1) is 0 Å². The summed E-state index contributed by atoms with van der Waals surface area (Å²) in [4.78, 5) is 20.3. The van der Waals surface area contributed by atoms with E-state index in [1.165, 1.54) is 13.2 Å². The van der Waals surface area contributed by atoms with Gasteiger partial charge in [-0.2, -0.15) is 0 Å². The molecule has 1 amide bonds. The number of ether oxygens (including phenoxy) is 2. The summed E-state index contributed by atoms with van der Waals surface area (Å²) in [5.41, 5.74) is 0.842. The van der Waals surface area contributed by atoms with Gasteiger partial charge in [0, 0.05) is 11.6 Å². The fourth-order valence-corrected chi connectivity index (χ4v) is 3.35. The zero-order chi connectivity index (χ0) is 24.9. The van der Waals surface area contributed by atoms with Crippen LogP contribution in [0.1, 0.15) is 56.2 Å². The van der Waals surface area contributed by atoms with E-state index in [4.69, 9.17) is 9.47 Å². The third-order valence-corrected chi connectivity index (χ3v) is 5.65. The molecule has 1 aliphatic rings. The molecule has 1 atom stereocenters. The molecule has 0 saturated heterocycles. The van der Waals surface area contributed by atoms with Crippen LogP contribution < -0.4 is 14.8 Å². The van der Waals surface area contributed by atoms with Crippen LogP contribution in [0.2, 0.25) is 0 Å². The lowest BCUT2D eigenvalue weighted by Crippen LogP contribution is -2.26. The highest BCUT2D eigenvalue weighted by atomic mass is 19.3. The molecule has 34 heavy (non-hydrogen) atoms. The van der Waals surface area contributed by atoms with Gasteiger partial charge in [0.1, 0.15) is 29.5 Å². The van der Waals surface area contributed by atoms with E-state index in [9.17, 15) is 18.7 Å². The second kappa shape index (κ2) is 10.8. The van der Waals surface area contributed by atoms with Gasteiger partial charge in [0.15, 0.2) is 0 Å². The Morgan fingerprint density at radius 1 is 1.38 bits per heavy atom. The predicted molar refractivity (Wildman–Crippen MR) is 126 cm³/mol. The first kappa shape index (κ1) is 25.4. The molecule has 0 aliphatic heterocycles. The molecule has 0 bridgehead atoms. The van der Waals surface area contributed by atoms with E-state index in [1.807, 2.05) is 26.0 Å². The molecule has 1 aliphatic carbocycles. The summed E-state index contributed by atoms with van der Waals surface area (Å²) in [5, 5.41) is 13.5. The lowest BCUT2D eigenvalue weighted by molar-refractivity contribution is 0.0792. The maximum absolute atomic E-state index is 12.9. The second-order valence-corrected chi connectivity index (χ2v) is 8.41. The van der Waals surface area contributed by atoms with Crippen molar-refractivity contribution in [1.29, 1.82) is 0 Å². The summed E-state index contributed by atoms with van der Waals surface area (Å²) in [6.45, 7) is 4.62. The molecule has 0 radical (unpaired) electrons. The van der Waals surface area contributed by atoms with Crippen LogP contribution in [-0.4, -0.2) is 52.8 Å². The van der Waals surface area contributed by atoms with Crippen molar-refractivity contribution in [2.75, 3.05) is 13.7 Å². The lowest BCUT2D eigenvalue weighted by Gasteiger charge is -2.22. The minimum absolute atomic E-state index is 0.00279. The summed E-state index contributed by atoms with van der Waals surface area (Å²) in [5.74, 6) is 0.278. The van der Waals surface area contributed by atoms with Crippen molar-refractivity contribution >= 4 is 12.0 Å². The van der Waals surface area contributed by atoms with Crippen LogP contribution in [0.25, 0.3) is 17.3 Å². The number of alkyl halides is 2. The van der Waals surface area contributed by atoms with Gasteiger partial charge in [0.2, 0.25) is 0 Å². The number of benzene rings is 1. The van der Waals surface area contributed by atoms with Crippen molar-refractivity contribution in [3.8, 4) is 22.8 Å². The highest BCUT2D eigenvalue weighted by Gasteiger charge is 2.28. The smallest absolute Gasteiger partial charge is 0.272 e. The number of methoxy groups -OCH3 is 1. The predicted octanol–water partition coefficient (Wildman–Crippen LogP) is 4.74. The molecule has 0 spiro atoms. The minimum Gasteiger partial charge on any atom is -0.496 e. The minimum atomic E-state index is -2.70. The van der Waals surface area contributed by atoms with Crippen molar-refractivity contribution in [2.24, 2.45) is 0 Å². The SMILES string of the molecule is C/C=C\C(=C/c1ncc(-c2cc(OC)c(C(=O)NC3CC3)c(OCC(F)F)c2)[nH]1)C(C)(O)CC. The Hall–Kier alpha value is -3.20. The van der Waals surface area contributed by atoms with Crippen molar-refractivity contribution < 1.29 is 28.2 Å². The summed E-state index contributed by atoms with van der Waals surface area (Å²) in [7, 11) is 1.40. The van der Waals surface area contributed by atoms with Gasteiger partial charge in [-0.25, -0.2) is 13.8 Å². The first-order valence-corrected chi connectivity index (χ1v) is 11.2. The number of aliphatic hydroxyl groups is 1. The average molecular weight is 476 g/mol. The summed E-state index contributed by atoms with van der Waals surface area (Å²) in [6, 6.07) is 3.23. The molecule has 1 saturated carbocycles. The van der Waals surface area contributed by atoms with Gasteiger partial charge in [-0.1, -0.05) is 19.1 Å². The number of carbonyl (C=O) groups is 1. The van der Waals surface area contributed by atoms with E-state index in [0.29, 0.717) is 29.1 Å². The van der Waals surface area contributed by atoms with Crippen LogP contribution in [0.3, 0.4) is 0 Å². The van der Waals surface area contributed by atoms with Gasteiger partial charge in [0.25, 0.3) is 12.3 Å². The number of H-pyrrole nitrogens is 1. The Balaban J connectivity index is 2.01. The number of halogens is 2. The normalized spacial score (nSPS) is 16.1. The number of allylic oxidation sites excluding steroid dienone is 1. The summed E-state index contributed by atoms with van der Waals surface area (Å²) >= 11 is 0. The van der Waals surface area contributed by atoms with Crippen LogP contribution in [0.4, 0.5) is 8.78 Å². The number of aromatic amines is 1. The van der Waals surface area contributed by atoms with Crippen LogP contribution in [0.5, 0.6) is 11.5 Å². The lowest BCUT2D eigenvalue weighted by atomic mass is 9.92. The van der Waals surface area contributed by atoms with Gasteiger partial charge < -0.3 is 24.9 Å². The first-order chi connectivity index (χ1) is 16.2. The van der Waals surface area contributed by atoms with Gasteiger partial charge in [0.05, 0.1) is 24.6 Å². The Morgan fingerprint density at radius 2 is 2.09 bits per heavy atom. The number of amides is 1. The van der Waals surface area contributed by atoms with Crippen LogP contribution in [-0.2, 0) is 0 Å². The molecule has 2 aromatic rings. The van der Waals surface area contributed by atoms with Gasteiger partial charge in [-0.3, -0.25) is 4.79 Å². The van der Waals surface area contributed by atoms with Gasteiger partial charge >= 0.3 is 0 Å². The summed E-state index contributed by atoms with van der Waals surface area (Å²) < 4.78 is 36.5. The zero-order valence-electron chi connectivity index (χ0n) is 19.8. The molecule has 184 valence electrons. The fourth-order valence-electron chi connectivity index (χ4n) is 3.35. The Kier molecular flexibility index (Phi) is 8.09. The number of carbonyl (C=O) groups excluding carboxylic acids is 1. The number of hydrogen-bond acceptors (Lipinski definition) is 5. The second-order valence-electron chi connectivity index (χ2n) is 8.41. The summed E-state index contributed by atoms with van der Waals surface area (Å²) in [6.07, 6.45) is 6.55. The number of rotatable bonds is 11. The molecule has 1 aromatic carbocycles. The van der Waals surface area contributed by atoms with E-state index in [1.54, 1.807) is 25.3 Å². The largest absolute Gasteiger partial charge is 0.496 e. The molecule has 1 aromatic heterocycles.